The average Bonchev–Trinajstić information content (AvgIpc) is 2.21. The molecular formula is C11H20N2O2. The predicted octanol–water partition coefficient (Wildman–Crippen LogP) is 1.77. The van der Waals surface area contributed by atoms with E-state index in [1.807, 2.05) is 13.8 Å². The lowest BCUT2D eigenvalue weighted by molar-refractivity contribution is -0.137. The van der Waals surface area contributed by atoms with Crippen molar-refractivity contribution in [1.82, 2.24) is 5.32 Å². The predicted molar refractivity (Wildman–Crippen MR) is 58.3 cm³/mol. The molecule has 2 unspecified atom stereocenters. The Hall–Kier alpha value is -1.08. The third-order valence-corrected chi connectivity index (χ3v) is 2.44. The Morgan fingerprint density at radius 2 is 2.20 bits per heavy atom. The van der Waals surface area contributed by atoms with Crippen molar-refractivity contribution in [1.29, 1.82) is 5.26 Å². The molecule has 4 heteroatoms. The second-order valence-corrected chi connectivity index (χ2v) is 3.87. The van der Waals surface area contributed by atoms with Gasteiger partial charge in [0.1, 0.15) is 0 Å². The largest absolute Gasteiger partial charge is 0.481 e. The summed E-state index contributed by atoms with van der Waals surface area (Å²) in [5, 5.41) is 20.3. The standard InChI is InChI=1S/C11H20N2O2/c1-3-10(8-12)13-7-6-9(2)4-5-11(14)15/h9-10,13H,3-7H2,1-2H3,(H,14,15). The van der Waals surface area contributed by atoms with Crippen LogP contribution >= 0.6 is 0 Å². The molecule has 86 valence electrons. The molecule has 0 radical (unpaired) electrons. The molecule has 15 heavy (non-hydrogen) atoms. The molecule has 0 aliphatic rings. The van der Waals surface area contributed by atoms with E-state index in [1.165, 1.54) is 0 Å². The van der Waals surface area contributed by atoms with Crippen LogP contribution in [0.4, 0.5) is 0 Å². The minimum atomic E-state index is -0.738. The minimum Gasteiger partial charge on any atom is -0.481 e. The van der Waals surface area contributed by atoms with Crippen LogP contribution in [0, 0.1) is 17.2 Å². The van der Waals surface area contributed by atoms with Gasteiger partial charge in [-0.1, -0.05) is 13.8 Å². The van der Waals surface area contributed by atoms with Crippen molar-refractivity contribution in [3.05, 3.63) is 0 Å². The molecule has 0 aromatic rings. The molecule has 0 bridgehead atoms. The lowest BCUT2D eigenvalue weighted by Gasteiger charge is -2.12. The zero-order valence-electron chi connectivity index (χ0n) is 9.49. The van der Waals surface area contributed by atoms with E-state index < -0.39 is 5.97 Å². The molecule has 0 rings (SSSR count). The number of hydrogen-bond donors (Lipinski definition) is 2. The van der Waals surface area contributed by atoms with Gasteiger partial charge in [-0.3, -0.25) is 4.79 Å². The first-order valence-corrected chi connectivity index (χ1v) is 5.44. The summed E-state index contributed by atoms with van der Waals surface area (Å²) in [5.41, 5.74) is 0. The lowest BCUT2D eigenvalue weighted by atomic mass is 10.0. The molecular weight excluding hydrogens is 192 g/mol. The Morgan fingerprint density at radius 3 is 2.67 bits per heavy atom. The fraction of sp³-hybridized carbons (Fsp3) is 0.818. The van der Waals surface area contributed by atoms with Crippen LogP contribution < -0.4 is 5.32 Å². The van der Waals surface area contributed by atoms with Gasteiger partial charge in [0, 0.05) is 6.42 Å². The summed E-state index contributed by atoms with van der Waals surface area (Å²) < 4.78 is 0. The van der Waals surface area contributed by atoms with Crippen LogP contribution in [0.15, 0.2) is 0 Å². The van der Waals surface area contributed by atoms with Gasteiger partial charge in [0.25, 0.3) is 0 Å². The number of nitriles is 1. The van der Waals surface area contributed by atoms with Gasteiger partial charge in [0.2, 0.25) is 0 Å². The highest BCUT2D eigenvalue weighted by Gasteiger charge is 2.07. The first-order chi connectivity index (χ1) is 7.10. The van der Waals surface area contributed by atoms with E-state index in [9.17, 15) is 4.79 Å². The zero-order chi connectivity index (χ0) is 11.7. The van der Waals surface area contributed by atoms with E-state index in [-0.39, 0.29) is 12.5 Å². The van der Waals surface area contributed by atoms with Crippen molar-refractivity contribution in [3.8, 4) is 6.07 Å². The summed E-state index contributed by atoms with van der Waals surface area (Å²) >= 11 is 0. The number of carboxylic acids is 1. The molecule has 0 aliphatic carbocycles. The number of carboxylic acid groups (broad SMARTS) is 1. The summed E-state index contributed by atoms with van der Waals surface area (Å²) in [6.45, 7) is 4.79. The molecule has 0 spiro atoms. The highest BCUT2D eigenvalue weighted by Crippen LogP contribution is 2.09. The van der Waals surface area contributed by atoms with Crippen LogP contribution in [-0.4, -0.2) is 23.7 Å². The quantitative estimate of drug-likeness (QED) is 0.643. The van der Waals surface area contributed by atoms with Gasteiger partial charge in [0.15, 0.2) is 0 Å². The summed E-state index contributed by atoms with van der Waals surface area (Å²) in [6.07, 6.45) is 2.67. The van der Waals surface area contributed by atoms with Crippen molar-refractivity contribution in [2.75, 3.05) is 6.54 Å². The zero-order valence-corrected chi connectivity index (χ0v) is 9.49. The van der Waals surface area contributed by atoms with E-state index in [0.717, 1.165) is 19.4 Å². The highest BCUT2D eigenvalue weighted by molar-refractivity contribution is 5.66. The van der Waals surface area contributed by atoms with E-state index in [4.69, 9.17) is 10.4 Å². The summed E-state index contributed by atoms with van der Waals surface area (Å²) in [5.74, 6) is -0.344. The number of rotatable bonds is 8. The Kier molecular flexibility index (Phi) is 7.65. The van der Waals surface area contributed by atoms with Crippen molar-refractivity contribution >= 4 is 5.97 Å². The smallest absolute Gasteiger partial charge is 0.303 e. The third-order valence-electron chi connectivity index (χ3n) is 2.44. The molecule has 2 N–H and O–H groups in total. The maximum Gasteiger partial charge on any atom is 0.303 e. The van der Waals surface area contributed by atoms with Crippen molar-refractivity contribution in [3.63, 3.8) is 0 Å². The van der Waals surface area contributed by atoms with Crippen LogP contribution in [0.5, 0.6) is 0 Å². The Balaban J connectivity index is 3.50. The number of hydrogen-bond acceptors (Lipinski definition) is 3. The van der Waals surface area contributed by atoms with E-state index in [0.29, 0.717) is 12.3 Å². The number of nitrogens with zero attached hydrogens (tertiary/aromatic N) is 1. The van der Waals surface area contributed by atoms with Crippen molar-refractivity contribution < 1.29 is 9.90 Å². The van der Waals surface area contributed by atoms with E-state index >= 15 is 0 Å². The fourth-order valence-electron chi connectivity index (χ4n) is 1.30. The summed E-state index contributed by atoms with van der Waals surface area (Å²) in [4.78, 5) is 10.3. The highest BCUT2D eigenvalue weighted by atomic mass is 16.4. The second kappa shape index (κ2) is 8.25. The maximum absolute atomic E-state index is 10.3. The van der Waals surface area contributed by atoms with Crippen LogP contribution in [-0.2, 0) is 4.79 Å². The van der Waals surface area contributed by atoms with E-state index in [1.54, 1.807) is 0 Å². The van der Waals surface area contributed by atoms with Crippen LogP contribution in [0.2, 0.25) is 0 Å². The Morgan fingerprint density at radius 1 is 1.53 bits per heavy atom. The number of carbonyl (C=O) groups is 1. The molecule has 0 amide bonds. The van der Waals surface area contributed by atoms with Gasteiger partial charge in [-0.05, 0) is 31.7 Å². The number of aliphatic carboxylic acids is 1. The lowest BCUT2D eigenvalue weighted by Crippen LogP contribution is -2.28. The maximum atomic E-state index is 10.3. The van der Waals surface area contributed by atoms with Gasteiger partial charge in [0.05, 0.1) is 12.1 Å². The van der Waals surface area contributed by atoms with E-state index in [2.05, 4.69) is 11.4 Å². The first-order valence-electron chi connectivity index (χ1n) is 5.44. The second-order valence-electron chi connectivity index (χ2n) is 3.87. The summed E-state index contributed by atoms with van der Waals surface area (Å²) in [6, 6.07) is 2.10. The Labute approximate surface area is 91.3 Å². The molecule has 0 saturated carbocycles. The van der Waals surface area contributed by atoms with Crippen molar-refractivity contribution in [2.45, 2.75) is 45.6 Å². The van der Waals surface area contributed by atoms with Gasteiger partial charge >= 0.3 is 5.97 Å². The van der Waals surface area contributed by atoms with Crippen LogP contribution in [0.3, 0.4) is 0 Å². The summed E-state index contributed by atoms with van der Waals surface area (Å²) in [7, 11) is 0. The van der Waals surface area contributed by atoms with Gasteiger partial charge in [-0.25, -0.2) is 0 Å². The molecule has 4 nitrogen and oxygen atoms in total. The van der Waals surface area contributed by atoms with Gasteiger partial charge in [-0.15, -0.1) is 0 Å². The SMILES string of the molecule is CCC(C#N)NCCC(C)CCC(=O)O. The Bertz CT molecular complexity index is 223. The monoisotopic (exact) mass is 212 g/mol. The molecule has 0 aliphatic heterocycles. The van der Waals surface area contributed by atoms with Crippen LogP contribution in [0.1, 0.15) is 39.5 Å². The minimum absolute atomic E-state index is 0.0725. The average molecular weight is 212 g/mol. The molecule has 0 aromatic carbocycles. The topological polar surface area (TPSA) is 73.1 Å². The first kappa shape index (κ1) is 13.9. The van der Waals surface area contributed by atoms with Gasteiger partial charge in [-0.2, -0.15) is 5.26 Å². The van der Waals surface area contributed by atoms with Crippen molar-refractivity contribution in [2.24, 2.45) is 5.92 Å². The molecule has 2 atom stereocenters. The molecule has 0 fully saturated rings. The molecule has 0 aromatic heterocycles. The fourth-order valence-corrected chi connectivity index (χ4v) is 1.30. The number of nitrogens with one attached hydrogen (secondary N) is 1. The molecule has 0 saturated heterocycles. The van der Waals surface area contributed by atoms with Crippen LogP contribution in [0.25, 0.3) is 0 Å². The molecule has 0 heterocycles. The third kappa shape index (κ3) is 7.95. The van der Waals surface area contributed by atoms with Gasteiger partial charge < -0.3 is 10.4 Å². The normalized spacial score (nSPS) is 14.2.